The largest absolute Gasteiger partial charge is 0.508 e. The molecule has 4 heteroatoms. The molecule has 3 nitrogen and oxygen atoms in total. The standard InChI is InChI=1S/C25H27BrN2O/c26-19-6-7-21-22-11-18-15-28(14-16-4-5-16)9-8-25(18,13-24(22)27-23(21)12-19)17-2-1-3-20(29)10-17/h1-3,6-7,10,12,16,18,27,29H,4-5,8-9,11,13-15H2. The molecule has 1 saturated heterocycles. The third-order valence-electron chi connectivity index (χ3n) is 7.67. The van der Waals surface area contributed by atoms with E-state index in [9.17, 15) is 5.11 Å². The molecule has 0 bridgehead atoms. The van der Waals surface area contributed by atoms with Crippen LogP contribution in [0.3, 0.4) is 0 Å². The van der Waals surface area contributed by atoms with Crippen LogP contribution < -0.4 is 0 Å². The molecule has 1 aliphatic heterocycles. The Kier molecular flexibility index (Phi) is 4.11. The van der Waals surface area contributed by atoms with Crippen LogP contribution in [0.1, 0.15) is 36.1 Å². The molecule has 29 heavy (non-hydrogen) atoms. The molecule has 1 saturated carbocycles. The maximum absolute atomic E-state index is 10.2. The number of likely N-dealkylation sites (tertiary alicyclic amines) is 1. The second-order valence-corrected chi connectivity index (χ2v) is 10.4. The lowest BCUT2D eigenvalue weighted by molar-refractivity contribution is 0.0783. The Labute approximate surface area is 180 Å². The van der Waals surface area contributed by atoms with E-state index in [1.165, 1.54) is 66.6 Å². The Morgan fingerprint density at radius 3 is 2.90 bits per heavy atom. The zero-order valence-electron chi connectivity index (χ0n) is 16.6. The number of fused-ring (bicyclic) bond motifs is 4. The maximum Gasteiger partial charge on any atom is 0.115 e. The third kappa shape index (κ3) is 3.03. The van der Waals surface area contributed by atoms with Crippen molar-refractivity contribution in [1.82, 2.24) is 9.88 Å². The van der Waals surface area contributed by atoms with Crippen LogP contribution in [0, 0.1) is 11.8 Å². The van der Waals surface area contributed by atoms with Crippen molar-refractivity contribution in [1.29, 1.82) is 0 Å². The lowest BCUT2D eigenvalue weighted by Gasteiger charge is -2.51. The molecule has 1 aromatic heterocycles. The highest BCUT2D eigenvalue weighted by molar-refractivity contribution is 9.10. The second-order valence-electron chi connectivity index (χ2n) is 9.51. The van der Waals surface area contributed by atoms with Crippen molar-refractivity contribution in [3.05, 3.63) is 63.8 Å². The van der Waals surface area contributed by atoms with Gasteiger partial charge in [0.15, 0.2) is 0 Å². The van der Waals surface area contributed by atoms with Gasteiger partial charge in [-0.15, -0.1) is 0 Å². The average Bonchev–Trinajstić information content (AvgIpc) is 3.45. The minimum absolute atomic E-state index is 0.115. The highest BCUT2D eigenvalue weighted by Crippen LogP contribution is 2.50. The second kappa shape index (κ2) is 6.61. The van der Waals surface area contributed by atoms with Gasteiger partial charge in [0.1, 0.15) is 5.75 Å². The van der Waals surface area contributed by atoms with E-state index in [0.29, 0.717) is 11.7 Å². The number of aromatic nitrogens is 1. The van der Waals surface area contributed by atoms with Crippen LogP contribution in [-0.4, -0.2) is 34.6 Å². The van der Waals surface area contributed by atoms with E-state index in [2.05, 4.69) is 50.1 Å². The molecule has 2 N–H and O–H groups in total. The lowest BCUT2D eigenvalue weighted by Crippen LogP contribution is -2.54. The fourth-order valence-corrected chi connectivity index (χ4v) is 6.35. The van der Waals surface area contributed by atoms with E-state index in [4.69, 9.17) is 0 Å². The normalized spacial score (nSPS) is 27.0. The van der Waals surface area contributed by atoms with Gasteiger partial charge in [0.2, 0.25) is 0 Å². The number of rotatable bonds is 3. The molecule has 0 radical (unpaired) electrons. The number of phenolic OH excluding ortho intramolecular Hbond substituents is 1. The molecular weight excluding hydrogens is 424 g/mol. The first-order valence-corrected chi connectivity index (χ1v) is 11.7. The molecule has 6 rings (SSSR count). The number of aromatic amines is 1. The molecule has 3 aliphatic rings. The minimum Gasteiger partial charge on any atom is -0.508 e. The van der Waals surface area contributed by atoms with Crippen LogP contribution in [0.4, 0.5) is 0 Å². The lowest BCUT2D eigenvalue weighted by atomic mass is 9.58. The Morgan fingerprint density at radius 1 is 1.17 bits per heavy atom. The van der Waals surface area contributed by atoms with Gasteiger partial charge in [-0.2, -0.15) is 0 Å². The molecule has 0 amide bonds. The number of H-pyrrole nitrogens is 1. The topological polar surface area (TPSA) is 39.3 Å². The van der Waals surface area contributed by atoms with Crippen LogP contribution in [0.2, 0.25) is 0 Å². The van der Waals surface area contributed by atoms with Gasteiger partial charge < -0.3 is 15.0 Å². The molecular formula is C25H27BrN2O. The molecule has 150 valence electrons. The summed E-state index contributed by atoms with van der Waals surface area (Å²) in [6, 6.07) is 14.7. The first kappa shape index (κ1) is 18.0. The number of hydrogen-bond acceptors (Lipinski definition) is 2. The number of halogens is 1. The van der Waals surface area contributed by atoms with E-state index < -0.39 is 0 Å². The van der Waals surface area contributed by atoms with Crippen molar-refractivity contribution in [3.8, 4) is 5.75 Å². The number of nitrogens with one attached hydrogen (secondary N) is 1. The van der Waals surface area contributed by atoms with E-state index in [0.717, 1.165) is 23.2 Å². The monoisotopic (exact) mass is 450 g/mol. The van der Waals surface area contributed by atoms with Gasteiger partial charge in [0.25, 0.3) is 0 Å². The van der Waals surface area contributed by atoms with E-state index >= 15 is 0 Å². The van der Waals surface area contributed by atoms with Crippen LogP contribution in [0.5, 0.6) is 5.75 Å². The zero-order valence-corrected chi connectivity index (χ0v) is 18.2. The molecule has 3 aromatic rings. The first-order valence-electron chi connectivity index (χ1n) is 10.9. The summed E-state index contributed by atoms with van der Waals surface area (Å²) in [5, 5.41) is 11.6. The van der Waals surface area contributed by atoms with Gasteiger partial charge in [-0.1, -0.05) is 34.1 Å². The number of nitrogens with zero attached hydrogens (tertiary/aromatic N) is 1. The van der Waals surface area contributed by atoms with Gasteiger partial charge in [-0.25, -0.2) is 0 Å². The van der Waals surface area contributed by atoms with Crippen molar-refractivity contribution >= 4 is 26.8 Å². The fraction of sp³-hybridized carbons (Fsp3) is 0.440. The minimum atomic E-state index is 0.115. The molecule has 2 heterocycles. The summed E-state index contributed by atoms with van der Waals surface area (Å²) in [4.78, 5) is 6.47. The predicted octanol–water partition coefficient (Wildman–Crippen LogP) is 5.40. The smallest absolute Gasteiger partial charge is 0.115 e. The van der Waals surface area contributed by atoms with Crippen molar-refractivity contribution in [3.63, 3.8) is 0 Å². The highest BCUT2D eigenvalue weighted by Gasteiger charge is 2.48. The third-order valence-corrected chi connectivity index (χ3v) is 8.16. The van der Waals surface area contributed by atoms with Gasteiger partial charge >= 0.3 is 0 Å². The number of benzene rings is 2. The van der Waals surface area contributed by atoms with E-state index in [1.54, 1.807) is 6.07 Å². The van der Waals surface area contributed by atoms with E-state index in [-0.39, 0.29) is 5.41 Å². The van der Waals surface area contributed by atoms with Gasteiger partial charge in [0, 0.05) is 39.6 Å². The van der Waals surface area contributed by atoms with Gasteiger partial charge in [0.05, 0.1) is 0 Å². The summed E-state index contributed by atoms with van der Waals surface area (Å²) < 4.78 is 1.12. The Balaban J connectivity index is 1.44. The molecule has 0 spiro atoms. The average molecular weight is 451 g/mol. The molecule has 2 fully saturated rings. The van der Waals surface area contributed by atoms with Crippen LogP contribution in [-0.2, 0) is 18.3 Å². The number of hydrogen-bond donors (Lipinski definition) is 2. The summed E-state index contributed by atoms with van der Waals surface area (Å²) in [5.74, 6) is 1.92. The molecule has 2 atom stereocenters. The summed E-state index contributed by atoms with van der Waals surface area (Å²) in [6.45, 7) is 3.62. The first-order chi connectivity index (χ1) is 14.1. The summed E-state index contributed by atoms with van der Waals surface area (Å²) in [6.07, 6.45) is 6.17. The van der Waals surface area contributed by atoms with Gasteiger partial charge in [-0.3, -0.25) is 0 Å². The molecule has 2 unspecified atom stereocenters. The van der Waals surface area contributed by atoms with Crippen LogP contribution in [0.25, 0.3) is 10.9 Å². The maximum atomic E-state index is 10.2. The zero-order chi connectivity index (χ0) is 19.6. The van der Waals surface area contributed by atoms with Crippen molar-refractivity contribution in [2.45, 2.75) is 37.5 Å². The molecule has 2 aliphatic carbocycles. The Bertz CT molecular complexity index is 1090. The van der Waals surface area contributed by atoms with E-state index in [1.807, 2.05) is 12.1 Å². The number of aromatic hydroxyl groups is 1. The van der Waals surface area contributed by atoms with Crippen LogP contribution in [0.15, 0.2) is 46.9 Å². The Morgan fingerprint density at radius 2 is 2.07 bits per heavy atom. The molecule has 2 aromatic carbocycles. The van der Waals surface area contributed by atoms with Crippen molar-refractivity contribution < 1.29 is 5.11 Å². The highest BCUT2D eigenvalue weighted by atomic mass is 79.9. The van der Waals surface area contributed by atoms with Crippen LogP contribution >= 0.6 is 15.9 Å². The number of phenols is 1. The van der Waals surface area contributed by atoms with Crippen molar-refractivity contribution in [2.24, 2.45) is 11.8 Å². The Hall–Kier alpha value is -1.78. The SMILES string of the molecule is Oc1cccc(C23CCN(CC4CC4)CC2Cc2c([nH]c4cc(Br)ccc24)C3)c1. The fourth-order valence-electron chi connectivity index (χ4n) is 5.99. The summed E-state index contributed by atoms with van der Waals surface area (Å²) in [7, 11) is 0. The quantitative estimate of drug-likeness (QED) is 0.560. The van der Waals surface area contributed by atoms with Gasteiger partial charge in [-0.05, 0) is 85.9 Å². The van der Waals surface area contributed by atoms with Crippen molar-refractivity contribution in [2.75, 3.05) is 19.6 Å². The predicted molar refractivity (Wildman–Crippen MR) is 120 cm³/mol. The summed E-state index contributed by atoms with van der Waals surface area (Å²) in [5.41, 5.74) is 5.59. The number of piperidine rings is 1. The summed E-state index contributed by atoms with van der Waals surface area (Å²) >= 11 is 3.62.